The summed E-state index contributed by atoms with van der Waals surface area (Å²) in [6.07, 6.45) is 0. The number of amides is 3. The molecule has 1 heterocycles. The molecule has 0 spiro atoms. The van der Waals surface area contributed by atoms with Crippen molar-refractivity contribution < 1.29 is 9.59 Å². The molecule has 3 amide bonds. The minimum atomic E-state index is -0.735. The number of nitrogens with zero attached hydrogens (tertiary/aromatic N) is 2. The van der Waals surface area contributed by atoms with Crippen molar-refractivity contribution >= 4 is 51.0 Å². The van der Waals surface area contributed by atoms with E-state index < -0.39 is 5.54 Å². The molecule has 1 rings (SSSR count). The summed E-state index contributed by atoms with van der Waals surface area (Å²) in [6.45, 7) is 3.39. The number of rotatable bonds is 0. The Labute approximate surface area is 86.7 Å². The molecule has 0 aromatic carbocycles. The summed E-state index contributed by atoms with van der Waals surface area (Å²) in [5.41, 5.74) is -0.735. The molecule has 62 valence electrons. The molecular weight excluding hydrogens is 327 g/mol. The van der Waals surface area contributed by atoms with Crippen LogP contribution in [0.5, 0.6) is 0 Å². The predicted molar refractivity (Wildman–Crippen MR) is 51.1 cm³/mol. The van der Waals surface area contributed by atoms with Gasteiger partial charge in [-0.25, -0.2) is 4.79 Å². The zero-order chi connectivity index (χ0) is 8.81. The summed E-state index contributed by atoms with van der Waals surface area (Å²) in [6, 6.07) is -0.333. The molecule has 0 aliphatic carbocycles. The van der Waals surface area contributed by atoms with Gasteiger partial charge in [0.05, 0.1) is 39.0 Å². The maximum Gasteiger partial charge on any atom is 0.346 e. The number of carbonyl (C=O) groups is 2. The lowest BCUT2D eigenvalue weighted by atomic mass is 10.1. The molecule has 0 bridgehead atoms. The second-order valence-corrected chi connectivity index (χ2v) is 4.38. The van der Waals surface area contributed by atoms with E-state index in [2.05, 4.69) is 16.1 Å². The largest absolute Gasteiger partial charge is 0.346 e. The standard InChI is InChI=1S/C5H6BrIN2O2/c1-5(2)3(10)8(6)4(11)9(5)7/h1-2H3. The van der Waals surface area contributed by atoms with Gasteiger partial charge in [0.2, 0.25) is 0 Å². The molecule has 1 saturated heterocycles. The van der Waals surface area contributed by atoms with Gasteiger partial charge in [-0.15, -0.1) is 0 Å². The van der Waals surface area contributed by atoms with Gasteiger partial charge in [-0.2, -0.15) is 3.93 Å². The number of imide groups is 1. The van der Waals surface area contributed by atoms with Crippen LogP contribution in [-0.2, 0) is 4.79 Å². The van der Waals surface area contributed by atoms with Crippen LogP contribution in [0.25, 0.3) is 0 Å². The fourth-order valence-electron chi connectivity index (χ4n) is 0.727. The Bertz CT molecular complexity index is 231. The fraction of sp³-hybridized carbons (Fsp3) is 0.600. The van der Waals surface area contributed by atoms with E-state index in [0.717, 1.165) is 3.93 Å². The highest BCUT2D eigenvalue weighted by Gasteiger charge is 2.49. The monoisotopic (exact) mass is 332 g/mol. The van der Waals surface area contributed by atoms with Crippen molar-refractivity contribution in [2.75, 3.05) is 0 Å². The van der Waals surface area contributed by atoms with Gasteiger partial charge in [-0.1, -0.05) is 0 Å². The first-order valence-electron chi connectivity index (χ1n) is 2.89. The topological polar surface area (TPSA) is 40.6 Å². The third-order valence-corrected chi connectivity index (χ3v) is 3.77. The van der Waals surface area contributed by atoms with Crippen molar-refractivity contribution in [3.05, 3.63) is 0 Å². The summed E-state index contributed by atoms with van der Waals surface area (Å²) in [7, 11) is 0. The summed E-state index contributed by atoms with van der Waals surface area (Å²) in [5.74, 6) is -0.239. The molecule has 4 nitrogen and oxygen atoms in total. The van der Waals surface area contributed by atoms with Gasteiger partial charge in [-0.3, -0.25) is 7.91 Å². The maximum absolute atomic E-state index is 11.3. The molecule has 0 saturated carbocycles. The van der Waals surface area contributed by atoms with Gasteiger partial charge in [0.15, 0.2) is 0 Å². The highest BCUT2D eigenvalue weighted by atomic mass is 127. The summed E-state index contributed by atoms with van der Waals surface area (Å²) >= 11 is 4.70. The van der Waals surface area contributed by atoms with Crippen molar-refractivity contribution in [1.29, 1.82) is 0 Å². The zero-order valence-corrected chi connectivity index (χ0v) is 9.71. The van der Waals surface area contributed by atoms with Crippen LogP contribution >= 0.6 is 39.0 Å². The van der Waals surface area contributed by atoms with E-state index in [4.69, 9.17) is 0 Å². The van der Waals surface area contributed by atoms with Crippen LogP contribution in [0.1, 0.15) is 13.8 Å². The second kappa shape index (κ2) is 2.58. The Morgan fingerprint density at radius 2 is 1.91 bits per heavy atom. The molecule has 0 unspecified atom stereocenters. The number of halogens is 2. The van der Waals surface area contributed by atoms with E-state index in [0.29, 0.717) is 0 Å². The Hall–Kier alpha value is 0.150. The summed E-state index contributed by atoms with van der Waals surface area (Å²) < 4.78 is 2.31. The molecule has 1 aliphatic heterocycles. The minimum absolute atomic E-state index is 0.239. The second-order valence-electron chi connectivity index (χ2n) is 2.71. The molecular formula is C5H6BrIN2O2. The van der Waals surface area contributed by atoms with E-state index in [1.807, 2.05) is 22.9 Å². The Balaban J connectivity index is 3.06. The van der Waals surface area contributed by atoms with Crippen molar-refractivity contribution in [1.82, 2.24) is 7.04 Å². The summed E-state index contributed by atoms with van der Waals surface area (Å²) in [5, 5.41) is 0. The lowest BCUT2D eigenvalue weighted by molar-refractivity contribution is -0.127. The zero-order valence-electron chi connectivity index (χ0n) is 5.97. The molecule has 0 atom stereocenters. The first kappa shape index (κ1) is 9.24. The van der Waals surface area contributed by atoms with E-state index in [9.17, 15) is 9.59 Å². The molecule has 1 aliphatic rings. The van der Waals surface area contributed by atoms with Crippen LogP contribution in [-0.4, -0.2) is 24.5 Å². The predicted octanol–water partition coefficient (Wildman–Crippen LogP) is 1.69. The number of urea groups is 1. The lowest BCUT2D eigenvalue weighted by Crippen LogP contribution is -2.37. The smallest absolute Gasteiger partial charge is 0.271 e. The van der Waals surface area contributed by atoms with E-state index in [1.54, 1.807) is 13.8 Å². The van der Waals surface area contributed by atoms with Crippen molar-refractivity contribution in [3.8, 4) is 0 Å². The van der Waals surface area contributed by atoms with Crippen LogP contribution in [0.4, 0.5) is 4.79 Å². The number of carbonyl (C=O) groups excluding carboxylic acids is 2. The van der Waals surface area contributed by atoms with Gasteiger partial charge in [0.25, 0.3) is 5.91 Å². The molecule has 0 aromatic heterocycles. The maximum atomic E-state index is 11.3. The lowest BCUT2D eigenvalue weighted by Gasteiger charge is -2.19. The van der Waals surface area contributed by atoms with Crippen LogP contribution in [0, 0.1) is 0 Å². The normalized spacial score (nSPS) is 23.3. The van der Waals surface area contributed by atoms with E-state index in [-0.39, 0.29) is 11.9 Å². The minimum Gasteiger partial charge on any atom is -0.271 e. The molecule has 6 heteroatoms. The van der Waals surface area contributed by atoms with Gasteiger partial charge in [-0.05, 0) is 13.8 Å². The highest BCUT2D eigenvalue weighted by molar-refractivity contribution is 14.1. The van der Waals surface area contributed by atoms with Crippen LogP contribution in [0.15, 0.2) is 0 Å². The molecule has 11 heavy (non-hydrogen) atoms. The van der Waals surface area contributed by atoms with E-state index in [1.165, 1.54) is 3.11 Å². The molecule has 1 fully saturated rings. The third kappa shape index (κ3) is 1.16. The van der Waals surface area contributed by atoms with Gasteiger partial charge < -0.3 is 0 Å². The van der Waals surface area contributed by atoms with Gasteiger partial charge in [0, 0.05) is 0 Å². The van der Waals surface area contributed by atoms with Crippen molar-refractivity contribution in [3.63, 3.8) is 0 Å². The van der Waals surface area contributed by atoms with Crippen LogP contribution in [0.2, 0.25) is 0 Å². The SMILES string of the molecule is CC1(C)C(=O)N(Br)C(=O)N1I. The molecule has 0 aromatic rings. The van der Waals surface area contributed by atoms with Gasteiger partial charge >= 0.3 is 6.03 Å². The van der Waals surface area contributed by atoms with Crippen LogP contribution < -0.4 is 0 Å². The van der Waals surface area contributed by atoms with Crippen molar-refractivity contribution in [2.45, 2.75) is 19.4 Å². The summed E-state index contributed by atoms with van der Waals surface area (Å²) in [4.78, 5) is 22.4. The number of hydrogen-bond donors (Lipinski definition) is 0. The van der Waals surface area contributed by atoms with Gasteiger partial charge in [0.1, 0.15) is 5.54 Å². The average Bonchev–Trinajstić information content (AvgIpc) is 2.06. The first-order valence-corrected chi connectivity index (χ1v) is 4.56. The van der Waals surface area contributed by atoms with Crippen LogP contribution in [0.3, 0.4) is 0 Å². The van der Waals surface area contributed by atoms with Crippen molar-refractivity contribution in [2.24, 2.45) is 0 Å². The Morgan fingerprint density at radius 3 is 2.00 bits per heavy atom. The number of hydrogen-bond acceptors (Lipinski definition) is 2. The first-order chi connectivity index (χ1) is 4.89. The Morgan fingerprint density at radius 1 is 1.45 bits per heavy atom. The molecule has 0 N–H and O–H groups in total. The quantitative estimate of drug-likeness (QED) is 0.385. The third-order valence-electron chi connectivity index (χ3n) is 1.53. The molecule has 0 radical (unpaired) electrons. The average molecular weight is 333 g/mol. The fourth-order valence-corrected chi connectivity index (χ4v) is 2.04. The Kier molecular flexibility index (Phi) is 2.17. The highest BCUT2D eigenvalue weighted by Crippen LogP contribution is 2.32. The van der Waals surface area contributed by atoms with E-state index >= 15 is 0 Å².